The fraction of sp³-hybridized carbons (Fsp3) is 0.434. The van der Waals surface area contributed by atoms with Gasteiger partial charge < -0.3 is 30.0 Å². The third-order valence-electron chi connectivity index (χ3n) is 12.1. The van der Waals surface area contributed by atoms with Gasteiger partial charge in [-0.15, -0.1) is 5.10 Å². The summed E-state index contributed by atoms with van der Waals surface area (Å²) in [4.78, 5) is 66.7. The number of fused-ring (bicyclic) bond motifs is 1. The van der Waals surface area contributed by atoms with Gasteiger partial charge in [-0.3, -0.25) is 19.3 Å². The molecule has 4 aromatic carbocycles. The minimum atomic E-state index is -0.697. The van der Waals surface area contributed by atoms with Crippen LogP contribution < -0.4 is 20.3 Å². The number of carbonyl (C=O) groups is 5. The molecule has 0 bridgehead atoms. The molecular weight excluding hydrogens is 911 g/mol. The number of ether oxygens (including phenoxy) is 3. The van der Waals surface area contributed by atoms with Gasteiger partial charge in [0.05, 0.1) is 23.9 Å². The zero-order valence-corrected chi connectivity index (χ0v) is 41.3. The molecule has 1 heterocycles. The summed E-state index contributed by atoms with van der Waals surface area (Å²) in [5, 5.41) is 30.2. The lowest BCUT2D eigenvalue weighted by Gasteiger charge is -2.25. The van der Waals surface area contributed by atoms with Crippen LogP contribution in [-0.4, -0.2) is 75.4 Å². The van der Waals surface area contributed by atoms with E-state index in [1.54, 1.807) is 54.6 Å². The van der Waals surface area contributed by atoms with Crippen molar-refractivity contribution in [2.75, 3.05) is 35.8 Å². The average molecular weight is 976 g/mol. The Labute approximate surface area is 413 Å². The van der Waals surface area contributed by atoms with E-state index < -0.39 is 23.9 Å². The summed E-state index contributed by atoms with van der Waals surface area (Å²) < 4.78 is 18.1. The third-order valence-corrected chi connectivity index (χ3v) is 13.1. The van der Waals surface area contributed by atoms with Gasteiger partial charge in [0.2, 0.25) is 11.1 Å². The van der Waals surface area contributed by atoms with Crippen molar-refractivity contribution in [2.45, 2.75) is 134 Å². The molecule has 1 aromatic heterocycles. The Hall–Kier alpha value is -6.75. The van der Waals surface area contributed by atoms with Crippen molar-refractivity contribution in [3.05, 3.63) is 101 Å². The van der Waals surface area contributed by atoms with Gasteiger partial charge in [-0.2, -0.15) is 0 Å². The van der Waals surface area contributed by atoms with E-state index in [1.165, 1.54) is 98.5 Å². The Kier molecular flexibility index (Phi) is 20.6. The second kappa shape index (κ2) is 27.4. The number of amides is 3. The minimum Gasteiger partial charge on any atom is -0.506 e. The molecule has 0 atom stereocenters. The number of esters is 2. The first-order valence-corrected chi connectivity index (χ1v) is 25.4. The molecule has 5 aromatic rings. The molecular formula is C53H65N7O9S. The van der Waals surface area contributed by atoms with E-state index in [2.05, 4.69) is 39.2 Å². The number of thioether (sulfide) groups is 1. The van der Waals surface area contributed by atoms with Gasteiger partial charge >= 0.3 is 18.0 Å². The Morgan fingerprint density at radius 3 is 2.19 bits per heavy atom. The molecule has 6 rings (SSSR count). The number of nitrogens with one attached hydrogen (secondary N) is 2. The van der Waals surface area contributed by atoms with E-state index in [0.29, 0.717) is 51.5 Å². The predicted molar refractivity (Wildman–Crippen MR) is 271 cm³/mol. The fourth-order valence-corrected chi connectivity index (χ4v) is 9.16. The first-order valence-electron chi connectivity index (χ1n) is 24.4. The molecule has 0 radical (unpaired) electrons. The van der Waals surface area contributed by atoms with Gasteiger partial charge in [-0.1, -0.05) is 114 Å². The third kappa shape index (κ3) is 15.6. The highest BCUT2D eigenvalue weighted by Crippen LogP contribution is 2.37. The summed E-state index contributed by atoms with van der Waals surface area (Å²) in [6.45, 7) is 3.95. The smallest absolute Gasteiger partial charge is 0.419 e. The molecule has 0 spiro atoms. The monoisotopic (exact) mass is 975 g/mol. The van der Waals surface area contributed by atoms with Crippen LogP contribution >= 0.6 is 11.8 Å². The molecule has 0 unspecified atom stereocenters. The number of benzene rings is 4. The zero-order valence-electron chi connectivity index (χ0n) is 40.5. The van der Waals surface area contributed by atoms with Crippen molar-refractivity contribution in [3.63, 3.8) is 0 Å². The zero-order chi connectivity index (χ0) is 49.7. The molecule has 1 aliphatic carbocycles. The van der Waals surface area contributed by atoms with E-state index in [9.17, 15) is 29.1 Å². The Morgan fingerprint density at radius 1 is 0.814 bits per heavy atom. The van der Waals surface area contributed by atoms with Crippen LogP contribution in [0.5, 0.6) is 11.5 Å². The number of rotatable bonds is 26. The SMILES string of the molecule is CCCCCCCCCCCCCCN(C(=O)Oc1ccc(C(=O)OC)cc1CSc1nnnn1CC(=O)OCC1=CCCCC1)c1cccc2c(O)c(C(=O)Nc3ccc(NC(C)=O)cc3)ccc12. The lowest BCUT2D eigenvalue weighted by atomic mass is 10.0. The van der Waals surface area contributed by atoms with Gasteiger partial charge in [-0.05, 0) is 103 Å². The lowest BCUT2D eigenvalue weighted by molar-refractivity contribution is -0.143. The number of allylic oxidation sites excluding steroid dienone is 1. The number of tetrazole rings is 1. The summed E-state index contributed by atoms with van der Waals surface area (Å²) in [6.07, 6.45) is 19.2. The van der Waals surface area contributed by atoms with Gasteiger partial charge in [0.25, 0.3) is 5.91 Å². The second-order valence-corrected chi connectivity index (χ2v) is 18.4. The topological polar surface area (TPSA) is 204 Å². The molecule has 0 fully saturated rings. The number of hydrogen-bond donors (Lipinski definition) is 3. The van der Waals surface area contributed by atoms with Crippen molar-refractivity contribution >= 4 is 69.4 Å². The summed E-state index contributed by atoms with van der Waals surface area (Å²) >= 11 is 1.18. The lowest BCUT2D eigenvalue weighted by Crippen LogP contribution is -2.35. The minimum absolute atomic E-state index is 0.0264. The molecule has 3 amide bonds. The second-order valence-electron chi connectivity index (χ2n) is 17.4. The number of phenols is 1. The molecule has 0 aliphatic heterocycles. The molecule has 17 heteroatoms. The number of aromatic nitrogens is 4. The van der Waals surface area contributed by atoms with Crippen LogP contribution in [0.1, 0.15) is 143 Å². The number of nitrogens with zero attached hydrogens (tertiary/aromatic N) is 5. The number of phenolic OH excluding ortho intramolecular Hbond substituents is 1. The normalized spacial score (nSPS) is 12.2. The van der Waals surface area contributed by atoms with E-state index in [1.807, 2.05) is 0 Å². The van der Waals surface area contributed by atoms with Gasteiger partial charge in [0.15, 0.2) is 0 Å². The van der Waals surface area contributed by atoms with Crippen molar-refractivity contribution < 1.29 is 43.3 Å². The van der Waals surface area contributed by atoms with Crippen molar-refractivity contribution in [2.24, 2.45) is 0 Å². The summed E-state index contributed by atoms with van der Waals surface area (Å²) in [7, 11) is 1.28. The number of anilines is 3. The molecule has 70 heavy (non-hydrogen) atoms. The Bertz CT molecular complexity index is 2600. The summed E-state index contributed by atoms with van der Waals surface area (Å²) in [5.74, 6) is -1.78. The van der Waals surface area contributed by atoms with Crippen molar-refractivity contribution in [1.82, 2.24) is 20.2 Å². The largest absolute Gasteiger partial charge is 0.506 e. The number of unbranched alkanes of at least 4 members (excludes halogenated alkanes) is 11. The number of hydrogen-bond acceptors (Lipinski definition) is 13. The maximum Gasteiger partial charge on any atom is 0.419 e. The number of carbonyl (C=O) groups excluding carboxylic acids is 5. The molecule has 3 N–H and O–H groups in total. The van der Waals surface area contributed by atoms with E-state index in [0.717, 1.165) is 56.9 Å². The maximum atomic E-state index is 14.6. The summed E-state index contributed by atoms with van der Waals surface area (Å²) in [5.41, 5.74) is 3.32. The standard InChI is InChI=1S/C53H65N7O9S/c1-4-5-6-7-8-9-10-11-12-13-14-18-32-59(46-23-19-22-44-43(46)29-30-45(49(44)63)50(64)55-42-27-25-41(26-28-42)54-37(2)61)53(66)69-47-31-24-39(51(65)67-3)33-40(47)36-70-52-56-57-58-60(52)34-48(62)68-35-38-20-16-15-17-21-38/h19-20,22-31,33,63H,4-18,21,32,34-36H2,1-3H3,(H,54,61)(H,55,64). The van der Waals surface area contributed by atoms with Crippen LogP contribution in [-0.2, 0) is 31.4 Å². The summed E-state index contributed by atoms with van der Waals surface area (Å²) in [6, 6.07) is 19.6. The van der Waals surface area contributed by atoms with E-state index >= 15 is 0 Å². The molecule has 1 aliphatic rings. The van der Waals surface area contributed by atoms with E-state index in [-0.39, 0.29) is 47.4 Å². The molecule has 372 valence electrons. The van der Waals surface area contributed by atoms with Gasteiger partial charge in [0, 0.05) is 46.9 Å². The maximum absolute atomic E-state index is 14.6. The predicted octanol–water partition coefficient (Wildman–Crippen LogP) is 11.6. The van der Waals surface area contributed by atoms with Gasteiger partial charge in [-0.25, -0.2) is 14.3 Å². The molecule has 0 saturated carbocycles. The van der Waals surface area contributed by atoms with Crippen LogP contribution in [0.15, 0.2) is 89.6 Å². The number of methoxy groups -OCH3 is 1. The highest BCUT2D eigenvalue weighted by atomic mass is 32.2. The highest BCUT2D eigenvalue weighted by Gasteiger charge is 2.25. The molecule has 0 saturated heterocycles. The van der Waals surface area contributed by atoms with E-state index in [4.69, 9.17) is 14.2 Å². The Morgan fingerprint density at radius 2 is 1.51 bits per heavy atom. The van der Waals surface area contributed by atoms with Crippen LogP contribution in [0.4, 0.5) is 21.9 Å². The van der Waals surface area contributed by atoms with Crippen molar-refractivity contribution in [1.29, 1.82) is 0 Å². The first kappa shape index (κ1) is 52.6. The van der Waals surface area contributed by atoms with Gasteiger partial charge in [0.1, 0.15) is 24.7 Å². The quantitative estimate of drug-likeness (QED) is 0.0204. The number of aromatic hydroxyl groups is 1. The average Bonchev–Trinajstić information content (AvgIpc) is 3.81. The fourth-order valence-electron chi connectivity index (χ4n) is 8.31. The van der Waals surface area contributed by atoms with Crippen molar-refractivity contribution in [3.8, 4) is 11.5 Å². The Balaban J connectivity index is 1.20. The van der Waals surface area contributed by atoms with Crippen LogP contribution in [0.3, 0.4) is 0 Å². The first-order chi connectivity index (χ1) is 34.0. The highest BCUT2D eigenvalue weighted by molar-refractivity contribution is 7.98. The molecule has 16 nitrogen and oxygen atoms in total. The van der Waals surface area contributed by atoms with Crippen LogP contribution in [0, 0.1) is 0 Å². The van der Waals surface area contributed by atoms with Crippen LogP contribution in [0.25, 0.3) is 10.8 Å². The van der Waals surface area contributed by atoms with Crippen LogP contribution in [0.2, 0.25) is 0 Å².